The summed E-state index contributed by atoms with van der Waals surface area (Å²) in [6.07, 6.45) is 2.32. The van der Waals surface area contributed by atoms with E-state index in [0.29, 0.717) is 12.8 Å². The fourth-order valence-electron chi connectivity index (χ4n) is 2.18. The SMILES string of the molecule is CC[C@H](C(=O)NC(C)(C)CCS(C)(=O)=O)c1ccccc1. The molecule has 1 amide bonds. The van der Waals surface area contributed by atoms with Gasteiger partial charge in [0.15, 0.2) is 0 Å². The van der Waals surface area contributed by atoms with E-state index < -0.39 is 15.4 Å². The smallest absolute Gasteiger partial charge is 0.227 e. The maximum atomic E-state index is 12.5. The zero-order valence-electron chi connectivity index (χ0n) is 13.2. The van der Waals surface area contributed by atoms with E-state index in [4.69, 9.17) is 0 Å². The number of hydrogen-bond acceptors (Lipinski definition) is 3. The molecule has 118 valence electrons. The summed E-state index contributed by atoms with van der Waals surface area (Å²) in [5.41, 5.74) is 0.443. The molecule has 1 aromatic rings. The Kier molecular flexibility index (Phi) is 5.96. The van der Waals surface area contributed by atoms with Crippen molar-refractivity contribution < 1.29 is 13.2 Å². The molecule has 0 spiro atoms. The first-order valence-electron chi connectivity index (χ1n) is 7.19. The van der Waals surface area contributed by atoms with Crippen molar-refractivity contribution >= 4 is 15.7 Å². The van der Waals surface area contributed by atoms with Gasteiger partial charge in [0, 0.05) is 11.8 Å². The fourth-order valence-corrected chi connectivity index (χ4v) is 3.06. The molecule has 1 rings (SSSR count). The highest BCUT2D eigenvalue weighted by molar-refractivity contribution is 7.90. The van der Waals surface area contributed by atoms with Gasteiger partial charge in [0.25, 0.3) is 0 Å². The zero-order chi connectivity index (χ0) is 16.1. The first kappa shape index (κ1) is 17.7. The molecule has 1 atom stereocenters. The van der Waals surface area contributed by atoms with Gasteiger partial charge in [-0.2, -0.15) is 0 Å². The summed E-state index contributed by atoms with van der Waals surface area (Å²) in [7, 11) is -3.02. The van der Waals surface area contributed by atoms with Crippen LogP contribution in [0.4, 0.5) is 0 Å². The Morgan fingerprint density at radius 2 is 1.81 bits per heavy atom. The predicted octanol–water partition coefficient (Wildman–Crippen LogP) is 2.51. The number of rotatable bonds is 7. The molecule has 0 unspecified atom stereocenters. The summed E-state index contributed by atoms with van der Waals surface area (Å²) >= 11 is 0. The number of amides is 1. The molecule has 0 radical (unpaired) electrons. The second-order valence-electron chi connectivity index (χ2n) is 6.12. The second-order valence-corrected chi connectivity index (χ2v) is 8.38. The largest absolute Gasteiger partial charge is 0.351 e. The molecule has 1 N–H and O–H groups in total. The average Bonchev–Trinajstić information content (AvgIpc) is 2.37. The van der Waals surface area contributed by atoms with Crippen molar-refractivity contribution in [3.05, 3.63) is 35.9 Å². The first-order chi connectivity index (χ1) is 9.64. The van der Waals surface area contributed by atoms with Gasteiger partial charge in [-0.1, -0.05) is 37.3 Å². The summed E-state index contributed by atoms with van der Waals surface area (Å²) in [6, 6.07) is 9.64. The Hall–Kier alpha value is -1.36. The maximum absolute atomic E-state index is 12.5. The van der Waals surface area contributed by atoms with Gasteiger partial charge in [0.05, 0.1) is 11.7 Å². The van der Waals surface area contributed by atoms with Crippen molar-refractivity contribution in [2.45, 2.75) is 45.1 Å². The minimum absolute atomic E-state index is 0.0535. The molecule has 0 aliphatic rings. The van der Waals surface area contributed by atoms with Gasteiger partial charge in [-0.3, -0.25) is 4.79 Å². The summed E-state index contributed by atoms with van der Waals surface area (Å²) < 4.78 is 22.5. The molecule has 0 saturated heterocycles. The third-order valence-electron chi connectivity index (χ3n) is 3.49. The average molecular weight is 311 g/mol. The molecule has 0 saturated carbocycles. The van der Waals surface area contributed by atoms with Crippen molar-refractivity contribution in [2.75, 3.05) is 12.0 Å². The minimum Gasteiger partial charge on any atom is -0.351 e. The second kappa shape index (κ2) is 7.07. The van der Waals surface area contributed by atoms with Crippen molar-refractivity contribution in [1.82, 2.24) is 5.32 Å². The van der Waals surface area contributed by atoms with Gasteiger partial charge in [-0.15, -0.1) is 0 Å². The zero-order valence-corrected chi connectivity index (χ0v) is 14.0. The lowest BCUT2D eigenvalue weighted by Gasteiger charge is -2.28. The van der Waals surface area contributed by atoms with Crippen LogP contribution in [0, 0.1) is 0 Å². The van der Waals surface area contributed by atoms with Gasteiger partial charge in [-0.05, 0) is 32.3 Å². The molecule has 0 bridgehead atoms. The molecule has 0 heterocycles. The molecular formula is C16H25NO3S. The molecular weight excluding hydrogens is 286 g/mol. The van der Waals surface area contributed by atoms with Gasteiger partial charge in [0.1, 0.15) is 9.84 Å². The number of sulfone groups is 1. The van der Waals surface area contributed by atoms with E-state index in [-0.39, 0.29) is 17.6 Å². The Bertz CT molecular complexity index is 564. The Morgan fingerprint density at radius 1 is 1.24 bits per heavy atom. The molecule has 0 aliphatic heterocycles. The summed E-state index contributed by atoms with van der Waals surface area (Å²) in [5, 5.41) is 2.97. The lowest BCUT2D eigenvalue weighted by Crippen LogP contribution is -2.46. The summed E-state index contributed by atoms with van der Waals surface area (Å²) in [6.45, 7) is 5.68. The van der Waals surface area contributed by atoms with Crippen molar-refractivity contribution in [3.8, 4) is 0 Å². The van der Waals surface area contributed by atoms with Crippen LogP contribution < -0.4 is 5.32 Å². The summed E-state index contributed by atoms with van der Waals surface area (Å²) in [4.78, 5) is 12.5. The lowest BCUT2D eigenvalue weighted by molar-refractivity contribution is -0.124. The lowest BCUT2D eigenvalue weighted by atomic mass is 9.93. The predicted molar refractivity (Wildman–Crippen MR) is 86.0 cm³/mol. The fraction of sp³-hybridized carbons (Fsp3) is 0.562. The van der Waals surface area contributed by atoms with E-state index in [1.54, 1.807) is 0 Å². The van der Waals surface area contributed by atoms with Crippen LogP contribution in [0.2, 0.25) is 0 Å². The van der Waals surface area contributed by atoms with Crippen LogP contribution in [-0.2, 0) is 14.6 Å². The molecule has 4 nitrogen and oxygen atoms in total. The topological polar surface area (TPSA) is 63.2 Å². The van der Waals surface area contributed by atoms with E-state index in [1.807, 2.05) is 51.1 Å². The van der Waals surface area contributed by atoms with Gasteiger partial charge in [-0.25, -0.2) is 8.42 Å². The van der Waals surface area contributed by atoms with Crippen LogP contribution in [0.3, 0.4) is 0 Å². The Morgan fingerprint density at radius 3 is 2.29 bits per heavy atom. The molecule has 21 heavy (non-hydrogen) atoms. The normalized spacial score (nSPS) is 13.7. The van der Waals surface area contributed by atoms with Crippen molar-refractivity contribution in [3.63, 3.8) is 0 Å². The molecule has 5 heteroatoms. The monoisotopic (exact) mass is 311 g/mol. The van der Waals surface area contributed by atoms with E-state index in [0.717, 1.165) is 5.56 Å². The number of nitrogens with one attached hydrogen (secondary N) is 1. The standard InChI is InChI=1S/C16H25NO3S/c1-5-14(13-9-7-6-8-10-13)15(18)17-16(2,3)11-12-21(4,19)20/h6-10,14H,5,11-12H2,1-4H3,(H,17,18)/t14-/m0/s1. The van der Waals surface area contributed by atoms with Crippen LogP contribution in [0.15, 0.2) is 30.3 Å². The molecule has 0 aliphatic carbocycles. The van der Waals surface area contributed by atoms with E-state index in [9.17, 15) is 13.2 Å². The van der Waals surface area contributed by atoms with Crippen LogP contribution in [0.25, 0.3) is 0 Å². The molecule has 0 fully saturated rings. The van der Waals surface area contributed by atoms with E-state index >= 15 is 0 Å². The first-order valence-corrected chi connectivity index (χ1v) is 9.25. The highest BCUT2D eigenvalue weighted by atomic mass is 32.2. The number of benzene rings is 1. The van der Waals surface area contributed by atoms with Crippen molar-refractivity contribution in [1.29, 1.82) is 0 Å². The Balaban J connectivity index is 2.74. The quantitative estimate of drug-likeness (QED) is 0.841. The highest BCUT2D eigenvalue weighted by Gasteiger charge is 2.26. The minimum atomic E-state index is -3.02. The van der Waals surface area contributed by atoms with Crippen LogP contribution >= 0.6 is 0 Å². The van der Waals surface area contributed by atoms with Crippen LogP contribution in [0.1, 0.15) is 45.1 Å². The summed E-state index contributed by atoms with van der Waals surface area (Å²) in [5.74, 6) is -0.187. The third-order valence-corrected chi connectivity index (χ3v) is 4.43. The molecule has 1 aromatic carbocycles. The van der Waals surface area contributed by atoms with Crippen LogP contribution in [-0.4, -0.2) is 31.9 Å². The maximum Gasteiger partial charge on any atom is 0.227 e. The van der Waals surface area contributed by atoms with E-state index in [1.165, 1.54) is 6.26 Å². The number of carbonyl (C=O) groups is 1. The number of hydrogen-bond donors (Lipinski definition) is 1. The molecule has 0 aromatic heterocycles. The van der Waals surface area contributed by atoms with E-state index in [2.05, 4.69) is 5.32 Å². The number of carbonyl (C=O) groups excluding carboxylic acids is 1. The van der Waals surface area contributed by atoms with Gasteiger partial charge in [0.2, 0.25) is 5.91 Å². The Labute approximate surface area is 127 Å². The van der Waals surface area contributed by atoms with Crippen LogP contribution in [0.5, 0.6) is 0 Å². The van der Waals surface area contributed by atoms with Gasteiger partial charge >= 0.3 is 0 Å². The van der Waals surface area contributed by atoms with Gasteiger partial charge < -0.3 is 5.32 Å². The van der Waals surface area contributed by atoms with Crippen molar-refractivity contribution in [2.24, 2.45) is 0 Å². The highest BCUT2D eigenvalue weighted by Crippen LogP contribution is 2.21. The third kappa shape index (κ3) is 6.29.